The summed E-state index contributed by atoms with van der Waals surface area (Å²) in [4.78, 5) is 13.2. The van der Waals surface area contributed by atoms with Gasteiger partial charge in [0.25, 0.3) is 0 Å². The lowest BCUT2D eigenvalue weighted by Gasteiger charge is -2.23. The molecular weight excluding hydrogens is 292 g/mol. The molecular formula is C16H26N6O. The van der Waals surface area contributed by atoms with Gasteiger partial charge in [-0.15, -0.1) is 0 Å². The van der Waals surface area contributed by atoms with Crippen LogP contribution in [0.4, 0.5) is 0 Å². The number of rotatable bonds is 7. The van der Waals surface area contributed by atoms with Crippen molar-refractivity contribution < 1.29 is 4.42 Å². The fourth-order valence-corrected chi connectivity index (χ4v) is 2.97. The number of hydrogen-bond donors (Lipinski definition) is 0. The average Bonchev–Trinajstić information content (AvgIpc) is 3.26. The first-order valence-electron chi connectivity index (χ1n) is 8.31. The van der Waals surface area contributed by atoms with Gasteiger partial charge in [-0.25, -0.2) is 9.97 Å². The zero-order chi connectivity index (χ0) is 16.2. The van der Waals surface area contributed by atoms with Crippen LogP contribution in [-0.2, 0) is 13.1 Å². The van der Waals surface area contributed by atoms with Gasteiger partial charge in [-0.05, 0) is 20.0 Å². The summed E-state index contributed by atoms with van der Waals surface area (Å²) in [7, 11) is 2.16. The molecule has 1 fully saturated rings. The van der Waals surface area contributed by atoms with E-state index in [1.165, 1.54) is 6.42 Å². The van der Waals surface area contributed by atoms with Gasteiger partial charge in [-0.2, -0.15) is 5.10 Å². The smallest absolute Gasteiger partial charge is 0.208 e. The highest BCUT2D eigenvalue weighted by molar-refractivity contribution is 4.99. The van der Waals surface area contributed by atoms with Crippen LogP contribution in [0.2, 0.25) is 0 Å². The summed E-state index contributed by atoms with van der Waals surface area (Å²) >= 11 is 0. The van der Waals surface area contributed by atoms with E-state index in [-0.39, 0.29) is 0 Å². The predicted octanol–water partition coefficient (Wildman–Crippen LogP) is 1.60. The van der Waals surface area contributed by atoms with Gasteiger partial charge < -0.3 is 4.42 Å². The molecule has 2 aromatic heterocycles. The van der Waals surface area contributed by atoms with Crippen molar-refractivity contribution in [1.82, 2.24) is 29.5 Å². The van der Waals surface area contributed by atoms with Crippen LogP contribution < -0.4 is 0 Å². The number of likely N-dealkylation sites (tertiary alicyclic amines) is 1. The minimum atomic E-state index is 0.389. The summed E-state index contributed by atoms with van der Waals surface area (Å²) in [6, 6.07) is 0.556. The Morgan fingerprint density at radius 1 is 1.39 bits per heavy atom. The van der Waals surface area contributed by atoms with Crippen molar-refractivity contribution in [2.24, 2.45) is 0 Å². The zero-order valence-corrected chi connectivity index (χ0v) is 14.2. The number of aromatic nitrogens is 4. The molecule has 23 heavy (non-hydrogen) atoms. The second-order valence-corrected chi connectivity index (χ2v) is 6.63. The topological polar surface area (TPSA) is 63.2 Å². The Kier molecular flexibility index (Phi) is 5.07. The summed E-state index contributed by atoms with van der Waals surface area (Å²) in [6.07, 6.45) is 6.40. The summed E-state index contributed by atoms with van der Waals surface area (Å²) in [6.45, 7) is 9.15. The maximum Gasteiger partial charge on any atom is 0.208 e. The van der Waals surface area contributed by atoms with Crippen LogP contribution in [-0.4, -0.2) is 62.3 Å². The third-order valence-corrected chi connectivity index (χ3v) is 4.51. The van der Waals surface area contributed by atoms with E-state index in [0.717, 1.165) is 44.4 Å². The molecule has 2 aromatic rings. The Labute approximate surface area is 137 Å². The first-order chi connectivity index (χ1) is 11.1. The van der Waals surface area contributed by atoms with E-state index in [1.807, 2.05) is 10.9 Å². The monoisotopic (exact) mass is 318 g/mol. The summed E-state index contributed by atoms with van der Waals surface area (Å²) in [5.41, 5.74) is 0. The molecule has 0 amide bonds. The highest BCUT2D eigenvalue weighted by Crippen LogP contribution is 2.19. The predicted molar refractivity (Wildman–Crippen MR) is 86.9 cm³/mol. The first kappa shape index (κ1) is 16.1. The van der Waals surface area contributed by atoms with Gasteiger partial charge in [0, 0.05) is 25.0 Å². The van der Waals surface area contributed by atoms with Crippen LogP contribution >= 0.6 is 0 Å². The molecule has 0 spiro atoms. The van der Waals surface area contributed by atoms with E-state index in [9.17, 15) is 0 Å². The van der Waals surface area contributed by atoms with Gasteiger partial charge in [0.05, 0.1) is 19.3 Å². The molecule has 1 atom stereocenters. The number of likely N-dealkylation sites (N-methyl/N-ethyl adjacent to an activating group) is 1. The Morgan fingerprint density at radius 3 is 2.96 bits per heavy atom. The summed E-state index contributed by atoms with van der Waals surface area (Å²) < 4.78 is 7.70. The van der Waals surface area contributed by atoms with E-state index in [4.69, 9.17) is 4.42 Å². The minimum Gasteiger partial charge on any atom is -0.444 e. The van der Waals surface area contributed by atoms with Gasteiger partial charge in [-0.1, -0.05) is 13.8 Å². The summed E-state index contributed by atoms with van der Waals surface area (Å²) in [5.74, 6) is 2.17. The maximum absolute atomic E-state index is 5.81. The first-order valence-corrected chi connectivity index (χ1v) is 8.31. The van der Waals surface area contributed by atoms with Crippen molar-refractivity contribution in [2.45, 2.75) is 45.3 Å². The van der Waals surface area contributed by atoms with Gasteiger partial charge >= 0.3 is 0 Å². The number of oxazole rings is 1. The molecule has 0 aromatic carbocycles. The second kappa shape index (κ2) is 7.23. The Morgan fingerprint density at radius 2 is 2.26 bits per heavy atom. The molecule has 7 heteroatoms. The average molecular weight is 318 g/mol. The van der Waals surface area contributed by atoms with Gasteiger partial charge in [0.15, 0.2) is 0 Å². The second-order valence-electron chi connectivity index (χ2n) is 6.63. The highest BCUT2D eigenvalue weighted by Gasteiger charge is 2.26. The van der Waals surface area contributed by atoms with E-state index in [2.05, 4.69) is 45.8 Å². The van der Waals surface area contributed by atoms with Crippen molar-refractivity contribution in [3.8, 4) is 0 Å². The standard InChI is InChI=1S/C16H26N6O/c1-13(2)15-8-18-16(23-15)10-20(3)14-4-5-21(9-14)6-7-22-12-17-11-19-22/h8,11-14H,4-7,9-10H2,1-3H3. The molecule has 0 aliphatic carbocycles. The molecule has 3 heterocycles. The molecule has 0 saturated carbocycles. The highest BCUT2D eigenvalue weighted by atomic mass is 16.4. The fraction of sp³-hybridized carbons (Fsp3) is 0.688. The molecule has 1 aliphatic heterocycles. The van der Waals surface area contributed by atoms with Crippen LogP contribution in [0.15, 0.2) is 23.3 Å². The van der Waals surface area contributed by atoms with Crippen molar-refractivity contribution in [3.05, 3.63) is 30.5 Å². The van der Waals surface area contributed by atoms with Crippen molar-refractivity contribution in [3.63, 3.8) is 0 Å². The molecule has 3 rings (SSSR count). The molecule has 0 bridgehead atoms. The van der Waals surface area contributed by atoms with Crippen LogP contribution in [0.25, 0.3) is 0 Å². The molecule has 1 unspecified atom stereocenters. The fourth-order valence-electron chi connectivity index (χ4n) is 2.97. The molecule has 1 saturated heterocycles. The van der Waals surface area contributed by atoms with Gasteiger partial charge in [-0.3, -0.25) is 14.5 Å². The van der Waals surface area contributed by atoms with Crippen molar-refractivity contribution >= 4 is 0 Å². The van der Waals surface area contributed by atoms with E-state index >= 15 is 0 Å². The van der Waals surface area contributed by atoms with E-state index in [0.29, 0.717) is 12.0 Å². The van der Waals surface area contributed by atoms with Crippen LogP contribution in [0.1, 0.15) is 37.8 Å². The van der Waals surface area contributed by atoms with Crippen LogP contribution in [0.3, 0.4) is 0 Å². The van der Waals surface area contributed by atoms with Crippen molar-refractivity contribution in [1.29, 1.82) is 0 Å². The van der Waals surface area contributed by atoms with Gasteiger partial charge in [0.2, 0.25) is 5.89 Å². The Hall–Kier alpha value is -1.73. The third kappa shape index (κ3) is 4.17. The lowest BCUT2D eigenvalue weighted by Crippen LogP contribution is -2.35. The normalized spacial score (nSPS) is 19.3. The van der Waals surface area contributed by atoms with Gasteiger partial charge in [0.1, 0.15) is 18.4 Å². The minimum absolute atomic E-state index is 0.389. The number of nitrogens with zero attached hydrogens (tertiary/aromatic N) is 6. The lowest BCUT2D eigenvalue weighted by atomic mass is 10.2. The molecule has 1 aliphatic rings. The summed E-state index contributed by atoms with van der Waals surface area (Å²) in [5, 5.41) is 4.15. The molecule has 0 radical (unpaired) electrons. The van der Waals surface area contributed by atoms with Crippen molar-refractivity contribution in [2.75, 3.05) is 26.7 Å². The largest absolute Gasteiger partial charge is 0.444 e. The quantitative estimate of drug-likeness (QED) is 0.772. The zero-order valence-electron chi connectivity index (χ0n) is 14.2. The van der Waals surface area contributed by atoms with Crippen LogP contribution in [0, 0.1) is 0 Å². The third-order valence-electron chi connectivity index (χ3n) is 4.51. The Bertz CT molecular complexity index is 593. The maximum atomic E-state index is 5.81. The molecule has 0 N–H and O–H groups in total. The molecule has 126 valence electrons. The van der Waals surface area contributed by atoms with Crippen LogP contribution in [0.5, 0.6) is 0 Å². The van der Waals surface area contributed by atoms with E-state index in [1.54, 1.807) is 12.7 Å². The van der Waals surface area contributed by atoms with E-state index < -0.39 is 0 Å². The Balaban J connectivity index is 1.45. The SMILES string of the molecule is CC(C)c1cnc(CN(C)C2CCN(CCn3cncn3)C2)o1. The molecule has 7 nitrogen and oxygen atoms in total. The lowest BCUT2D eigenvalue weighted by molar-refractivity contribution is 0.203. The number of hydrogen-bond acceptors (Lipinski definition) is 6.